The summed E-state index contributed by atoms with van der Waals surface area (Å²) < 4.78 is 0.574. The number of hydrogen-bond acceptors (Lipinski definition) is 2. The van der Waals surface area contributed by atoms with Gasteiger partial charge in [0.05, 0.1) is 20.7 Å². The number of aromatic carboxylic acids is 1. The van der Waals surface area contributed by atoms with Gasteiger partial charge in [0.1, 0.15) is 0 Å². The number of anilines is 1. The van der Waals surface area contributed by atoms with Crippen molar-refractivity contribution in [3.8, 4) is 0 Å². The Morgan fingerprint density at radius 3 is 2.45 bits per heavy atom. The molecule has 0 saturated carbocycles. The molecule has 2 rings (SSSR count). The number of carboxylic acids is 1. The molecular weight excluding hydrogens is 346 g/mol. The fraction of sp³-hybridized carbons (Fsp3) is 0. The van der Waals surface area contributed by atoms with Gasteiger partial charge in [-0.3, -0.25) is 4.79 Å². The first-order valence-corrected chi connectivity index (χ1v) is 6.75. The summed E-state index contributed by atoms with van der Waals surface area (Å²) in [5.41, 5.74) is 0.836. The summed E-state index contributed by atoms with van der Waals surface area (Å²) >= 11 is 9.21. The number of amides is 1. The summed E-state index contributed by atoms with van der Waals surface area (Å²) in [4.78, 5) is 23.0. The maximum atomic E-state index is 12.1. The van der Waals surface area contributed by atoms with Gasteiger partial charge in [0.15, 0.2) is 0 Å². The zero-order chi connectivity index (χ0) is 14.7. The van der Waals surface area contributed by atoms with Crippen molar-refractivity contribution in [2.45, 2.75) is 0 Å². The van der Waals surface area contributed by atoms with Crippen LogP contribution < -0.4 is 5.32 Å². The van der Waals surface area contributed by atoms with E-state index in [-0.39, 0.29) is 11.1 Å². The van der Waals surface area contributed by atoms with Crippen LogP contribution in [0.3, 0.4) is 0 Å². The number of carbonyl (C=O) groups is 2. The van der Waals surface area contributed by atoms with E-state index in [9.17, 15) is 9.59 Å². The van der Waals surface area contributed by atoms with Gasteiger partial charge in [-0.15, -0.1) is 0 Å². The summed E-state index contributed by atoms with van der Waals surface area (Å²) in [7, 11) is 0. The lowest BCUT2D eigenvalue weighted by molar-refractivity contribution is 0.0697. The third-order valence-corrected chi connectivity index (χ3v) is 3.97. The highest BCUT2D eigenvalue weighted by Gasteiger charge is 2.12. The third kappa shape index (κ3) is 3.18. The Bertz CT molecular complexity index is 688. The van der Waals surface area contributed by atoms with E-state index < -0.39 is 11.9 Å². The van der Waals surface area contributed by atoms with Gasteiger partial charge in [0.25, 0.3) is 5.91 Å². The molecule has 0 aromatic heterocycles. The number of halogens is 2. The van der Waals surface area contributed by atoms with Gasteiger partial charge in [0.2, 0.25) is 0 Å². The molecule has 0 aliphatic carbocycles. The predicted molar refractivity (Wildman–Crippen MR) is 80.5 cm³/mol. The van der Waals surface area contributed by atoms with Crippen LogP contribution in [0.1, 0.15) is 20.7 Å². The molecular formula is C14H9BrClNO3. The average molecular weight is 355 g/mol. The van der Waals surface area contributed by atoms with Crippen LogP contribution in [0.25, 0.3) is 0 Å². The van der Waals surface area contributed by atoms with Crippen molar-refractivity contribution < 1.29 is 14.7 Å². The topological polar surface area (TPSA) is 66.4 Å². The van der Waals surface area contributed by atoms with E-state index in [0.717, 1.165) is 0 Å². The SMILES string of the molecule is O=C(O)c1cccc(C(=O)Nc2cccc(Cl)c2Br)c1. The zero-order valence-electron chi connectivity index (χ0n) is 10.1. The van der Waals surface area contributed by atoms with E-state index in [1.807, 2.05) is 0 Å². The van der Waals surface area contributed by atoms with Gasteiger partial charge in [0, 0.05) is 5.56 Å². The van der Waals surface area contributed by atoms with Crippen molar-refractivity contribution >= 4 is 45.1 Å². The summed E-state index contributed by atoms with van der Waals surface area (Å²) in [6, 6.07) is 10.9. The Labute approximate surface area is 128 Å². The molecule has 0 aliphatic rings. The summed E-state index contributed by atoms with van der Waals surface area (Å²) in [5.74, 6) is -1.49. The van der Waals surface area contributed by atoms with Crippen LogP contribution in [0.4, 0.5) is 5.69 Å². The van der Waals surface area contributed by atoms with E-state index in [1.165, 1.54) is 18.2 Å². The molecule has 0 aliphatic heterocycles. The van der Waals surface area contributed by atoms with Crippen molar-refractivity contribution in [2.24, 2.45) is 0 Å². The lowest BCUT2D eigenvalue weighted by atomic mass is 10.1. The standard InChI is InChI=1S/C14H9BrClNO3/c15-12-10(16)5-2-6-11(12)17-13(18)8-3-1-4-9(7-8)14(19)20/h1-7H,(H,17,18)(H,19,20). The third-order valence-electron chi connectivity index (χ3n) is 2.57. The first-order valence-electron chi connectivity index (χ1n) is 5.58. The molecule has 20 heavy (non-hydrogen) atoms. The molecule has 2 N–H and O–H groups in total. The van der Waals surface area contributed by atoms with Crippen molar-refractivity contribution in [1.29, 1.82) is 0 Å². The molecule has 0 bridgehead atoms. The minimum Gasteiger partial charge on any atom is -0.478 e. The summed E-state index contributed by atoms with van der Waals surface area (Å²) in [6.45, 7) is 0. The number of carbonyl (C=O) groups excluding carboxylic acids is 1. The van der Waals surface area contributed by atoms with Crippen molar-refractivity contribution in [3.63, 3.8) is 0 Å². The van der Waals surface area contributed by atoms with Crippen LogP contribution in [-0.2, 0) is 0 Å². The van der Waals surface area contributed by atoms with Gasteiger partial charge in [-0.2, -0.15) is 0 Å². The number of hydrogen-bond donors (Lipinski definition) is 2. The molecule has 6 heteroatoms. The second-order valence-corrected chi connectivity index (χ2v) is 5.14. The van der Waals surface area contributed by atoms with Crippen molar-refractivity contribution in [2.75, 3.05) is 5.32 Å². The minimum absolute atomic E-state index is 0.0582. The number of carboxylic acid groups (broad SMARTS) is 1. The fourth-order valence-electron chi connectivity index (χ4n) is 1.59. The van der Waals surface area contributed by atoms with Crippen LogP contribution >= 0.6 is 27.5 Å². The number of rotatable bonds is 3. The number of benzene rings is 2. The maximum Gasteiger partial charge on any atom is 0.335 e. The maximum absolute atomic E-state index is 12.1. The van der Waals surface area contributed by atoms with Crippen LogP contribution in [-0.4, -0.2) is 17.0 Å². The van der Waals surface area contributed by atoms with Gasteiger partial charge < -0.3 is 10.4 Å². The average Bonchev–Trinajstić information content (AvgIpc) is 2.44. The van der Waals surface area contributed by atoms with Gasteiger partial charge in [-0.1, -0.05) is 23.7 Å². The van der Waals surface area contributed by atoms with Crippen molar-refractivity contribution in [1.82, 2.24) is 0 Å². The van der Waals surface area contributed by atoms with Crippen molar-refractivity contribution in [3.05, 3.63) is 63.1 Å². The minimum atomic E-state index is -1.08. The highest BCUT2D eigenvalue weighted by Crippen LogP contribution is 2.30. The monoisotopic (exact) mass is 353 g/mol. The molecule has 4 nitrogen and oxygen atoms in total. The van der Waals surface area contributed by atoms with E-state index in [1.54, 1.807) is 24.3 Å². The highest BCUT2D eigenvalue weighted by molar-refractivity contribution is 9.10. The molecule has 0 heterocycles. The molecule has 0 atom stereocenters. The molecule has 2 aromatic rings. The predicted octanol–water partition coefficient (Wildman–Crippen LogP) is 4.05. The Balaban J connectivity index is 2.26. The van der Waals surface area contributed by atoms with Crippen LogP contribution in [0.15, 0.2) is 46.9 Å². The largest absolute Gasteiger partial charge is 0.478 e. The molecule has 1 amide bonds. The lowest BCUT2D eigenvalue weighted by Gasteiger charge is -2.08. The Morgan fingerprint density at radius 1 is 1.10 bits per heavy atom. The molecule has 102 valence electrons. The second kappa shape index (κ2) is 6.07. The Morgan fingerprint density at radius 2 is 1.75 bits per heavy atom. The lowest BCUT2D eigenvalue weighted by Crippen LogP contribution is -2.13. The normalized spacial score (nSPS) is 10.1. The number of nitrogens with one attached hydrogen (secondary N) is 1. The van der Waals surface area contributed by atoms with E-state index in [0.29, 0.717) is 15.2 Å². The van der Waals surface area contributed by atoms with Gasteiger partial charge in [-0.05, 0) is 46.3 Å². The highest BCUT2D eigenvalue weighted by atomic mass is 79.9. The molecule has 0 fully saturated rings. The van der Waals surface area contributed by atoms with Gasteiger partial charge in [-0.25, -0.2) is 4.79 Å². The molecule has 0 spiro atoms. The zero-order valence-corrected chi connectivity index (χ0v) is 12.4. The molecule has 0 unspecified atom stereocenters. The van der Waals surface area contributed by atoms with Crippen LogP contribution in [0.2, 0.25) is 5.02 Å². The van der Waals surface area contributed by atoms with Crippen LogP contribution in [0, 0.1) is 0 Å². The van der Waals surface area contributed by atoms with E-state index in [2.05, 4.69) is 21.2 Å². The van der Waals surface area contributed by atoms with Crippen LogP contribution in [0.5, 0.6) is 0 Å². The van der Waals surface area contributed by atoms with Gasteiger partial charge >= 0.3 is 5.97 Å². The fourth-order valence-corrected chi connectivity index (χ4v) is 2.13. The first kappa shape index (κ1) is 14.6. The van der Waals surface area contributed by atoms with E-state index >= 15 is 0 Å². The first-order chi connectivity index (χ1) is 9.49. The molecule has 0 saturated heterocycles. The molecule has 2 aromatic carbocycles. The second-order valence-electron chi connectivity index (χ2n) is 3.94. The summed E-state index contributed by atoms with van der Waals surface area (Å²) in [6.07, 6.45) is 0. The smallest absolute Gasteiger partial charge is 0.335 e. The Hall–Kier alpha value is -1.85. The molecule has 0 radical (unpaired) electrons. The Kier molecular flexibility index (Phi) is 4.42. The summed E-state index contributed by atoms with van der Waals surface area (Å²) in [5, 5.41) is 12.0. The van der Waals surface area contributed by atoms with E-state index in [4.69, 9.17) is 16.7 Å². The quantitative estimate of drug-likeness (QED) is 0.874.